The molecule has 4 aliphatic heterocycles. The van der Waals surface area contributed by atoms with Gasteiger partial charge in [-0.2, -0.15) is 5.26 Å². The summed E-state index contributed by atoms with van der Waals surface area (Å²) in [5.74, 6) is 1.48. The summed E-state index contributed by atoms with van der Waals surface area (Å²) in [4.78, 5) is 7.86. The summed E-state index contributed by atoms with van der Waals surface area (Å²) in [5.41, 5.74) is 3.35. The summed E-state index contributed by atoms with van der Waals surface area (Å²) in [6.45, 7) is 3.48. The maximum absolute atomic E-state index is 9.00. The molecule has 4 nitrogen and oxygen atoms in total. The quantitative estimate of drug-likeness (QED) is 0.809. The van der Waals surface area contributed by atoms with Crippen LogP contribution in [-0.4, -0.2) is 35.1 Å². The highest BCUT2D eigenvalue weighted by Gasteiger charge is 2.52. The van der Waals surface area contributed by atoms with Crippen molar-refractivity contribution in [3.05, 3.63) is 34.2 Å². The molecule has 0 unspecified atom stereocenters. The van der Waals surface area contributed by atoms with Crippen molar-refractivity contribution in [1.82, 2.24) is 9.88 Å². The lowest BCUT2D eigenvalue weighted by atomic mass is 9.73. The molecule has 6 rings (SSSR count). The summed E-state index contributed by atoms with van der Waals surface area (Å²) in [6, 6.07) is 6.35. The molecule has 1 spiro atoms. The summed E-state index contributed by atoms with van der Waals surface area (Å²) < 4.78 is 6.38. The summed E-state index contributed by atoms with van der Waals surface area (Å²) in [7, 11) is 0. The fraction of sp³-hybridized carbons (Fsp3) is 0.444. The minimum atomic E-state index is -0.0447. The Morgan fingerprint density at radius 3 is 2.87 bits per heavy atom. The van der Waals surface area contributed by atoms with Crippen LogP contribution < -0.4 is 4.74 Å². The van der Waals surface area contributed by atoms with Gasteiger partial charge in [0.2, 0.25) is 5.88 Å². The number of hydrogen-bond acceptors (Lipinski definition) is 5. The predicted molar refractivity (Wildman–Crippen MR) is 88.5 cm³/mol. The van der Waals surface area contributed by atoms with E-state index in [2.05, 4.69) is 22.0 Å². The Balaban J connectivity index is 1.48. The van der Waals surface area contributed by atoms with E-state index in [1.165, 1.54) is 42.8 Å². The van der Waals surface area contributed by atoms with Crippen molar-refractivity contribution >= 4 is 11.3 Å². The molecule has 5 heteroatoms. The first-order valence-electron chi connectivity index (χ1n) is 8.15. The third kappa shape index (κ3) is 2.02. The average Bonchev–Trinajstić information content (AvgIpc) is 3.19. The van der Waals surface area contributed by atoms with Crippen molar-refractivity contribution in [2.24, 2.45) is 5.92 Å². The van der Waals surface area contributed by atoms with E-state index in [1.807, 2.05) is 17.6 Å². The standard InChI is InChI=1S/C18H17N3OS/c19-8-16-6-14(10-23-16)13-5-12-7-18(22-17(12)20-9-13)11-21-3-1-15(18)2-4-21/h5-6,9-10,15H,1-4,7,11H2/t18-/m0/s1. The topological polar surface area (TPSA) is 49.2 Å². The Kier molecular flexibility index (Phi) is 2.82. The van der Waals surface area contributed by atoms with Gasteiger partial charge in [0.15, 0.2) is 0 Å². The van der Waals surface area contributed by atoms with Crippen LogP contribution >= 0.6 is 11.3 Å². The van der Waals surface area contributed by atoms with E-state index in [0.717, 1.165) is 34.8 Å². The van der Waals surface area contributed by atoms with Crippen molar-refractivity contribution in [2.45, 2.75) is 24.9 Å². The predicted octanol–water partition coefficient (Wildman–Crippen LogP) is 3.08. The van der Waals surface area contributed by atoms with Crippen LogP contribution in [0.25, 0.3) is 11.1 Å². The molecule has 0 aromatic carbocycles. The van der Waals surface area contributed by atoms with Crippen molar-refractivity contribution in [3.8, 4) is 23.1 Å². The molecule has 0 radical (unpaired) electrons. The molecule has 116 valence electrons. The number of aromatic nitrogens is 1. The molecule has 0 amide bonds. The van der Waals surface area contributed by atoms with E-state index >= 15 is 0 Å². The fourth-order valence-corrected chi connectivity index (χ4v) is 5.12. The first-order chi connectivity index (χ1) is 11.3. The van der Waals surface area contributed by atoms with E-state index in [4.69, 9.17) is 10.00 Å². The van der Waals surface area contributed by atoms with Crippen LogP contribution in [0.3, 0.4) is 0 Å². The number of pyridine rings is 1. The molecule has 0 aliphatic carbocycles. The van der Waals surface area contributed by atoms with Crippen LogP contribution in [0.1, 0.15) is 23.3 Å². The smallest absolute Gasteiger partial charge is 0.217 e. The molecule has 3 fully saturated rings. The molecule has 3 saturated heterocycles. The van der Waals surface area contributed by atoms with Crippen LogP contribution in [0.15, 0.2) is 23.7 Å². The normalized spacial score (nSPS) is 30.9. The number of hydrogen-bond donors (Lipinski definition) is 0. The monoisotopic (exact) mass is 323 g/mol. The van der Waals surface area contributed by atoms with Crippen molar-refractivity contribution in [2.75, 3.05) is 19.6 Å². The minimum Gasteiger partial charge on any atom is -0.469 e. The second kappa shape index (κ2) is 4.80. The zero-order chi connectivity index (χ0) is 15.4. The molecular formula is C18H17N3OS. The lowest BCUT2D eigenvalue weighted by molar-refractivity contribution is -0.0814. The number of nitriles is 1. The van der Waals surface area contributed by atoms with Gasteiger partial charge in [-0.3, -0.25) is 4.90 Å². The summed E-state index contributed by atoms with van der Waals surface area (Å²) in [5, 5.41) is 11.0. The molecule has 4 aliphatic rings. The zero-order valence-corrected chi connectivity index (χ0v) is 13.6. The Labute approximate surface area is 139 Å². The maximum atomic E-state index is 9.00. The van der Waals surface area contributed by atoms with Gasteiger partial charge in [-0.25, -0.2) is 4.98 Å². The molecule has 0 saturated carbocycles. The van der Waals surface area contributed by atoms with E-state index in [9.17, 15) is 0 Å². The van der Waals surface area contributed by atoms with Crippen LogP contribution in [-0.2, 0) is 6.42 Å². The molecule has 2 bridgehead atoms. The van der Waals surface area contributed by atoms with Gasteiger partial charge < -0.3 is 4.74 Å². The summed E-state index contributed by atoms with van der Waals surface area (Å²) in [6.07, 6.45) is 5.34. The van der Waals surface area contributed by atoms with Gasteiger partial charge in [-0.1, -0.05) is 0 Å². The number of ether oxygens (including phenoxy) is 1. The van der Waals surface area contributed by atoms with E-state index in [1.54, 1.807) is 0 Å². The van der Waals surface area contributed by atoms with Crippen LogP contribution in [0.5, 0.6) is 5.88 Å². The van der Waals surface area contributed by atoms with Gasteiger partial charge in [0.25, 0.3) is 0 Å². The third-order valence-electron chi connectivity index (χ3n) is 5.58. The highest BCUT2D eigenvalue weighted by Crippen LogP contribution is 2.46. The zero-order valence-electron chi connectivity index (χ0n) is 12.8. The van der Waals surface area contributed by atoms with Crippen molar-refractivity contribution in [1.29, 1.82) is 5.26 Å². The Hall–Kier alpha value is -1.90. The number of thiophene rings is 1. The molecular weight excluding hydrogens is 306 g/mol. The highest BCUT2D eigenvalue weighted by molar-refractivity contribution is 7.10. The fourth-order valence-electron chi connectivity index (χ4n) is 4.41. The van der Waals surface area contributed by atoms with E-state index in [-0.39, 0.29) is 5.60 Å². The van der Waals surface area contributed by atoms with Crippen molar-refractivity contribution < 1.29 is 4.74 Å². The van der Waals surface area contributed by atoms with Gasteiger partial charge in [-0.05, 0) is 43.6 Å². The molecule has 2 aromatic rings. The SMILES string of the molecule is N#Cc1cc(-c2cnc3c(c2)C[C@@]2(CN4CCC2CC4)O3)cs1. The van der Waals surface area contributed by atoms with Crippen LogP contribution in [0, 0.1) is 17.2 Å². The largest absolute Gasteiger partial charge is 0.469 e. The van der Waals surface area contributed by atoms with E-state index < -0.39 is 0 Å². The average molecular weight is 323 g/mol. The van der Waals surface area contributed by atoms with Gasteiger partial charge in [-0.15, -0.1) is 11.3 Å². The first-order valence-corrected chi connectivity index (χ1v) is 9.03. The molecule has 6 heterocycles. The Morgan fingerprint density at radius 2 is 2.17 bits per heavy atom. The van der Waals surface area contributed by atoms with Crippen LogP contribution in [0.4, 0.5) is 0 Å². The second-order valence-electron chi connectivity index (χ2n) is 6.89. The molecule has 2 aromatic heterocycles. The van der Waals surface area contributed by atoms with E-state index in [0.29, 0.717) is 5.92 Å². The second-order valence-corrected chi connectivity index (χ2v) is 7.80. The highest BCUT2D eigenvalue weighted by atomic mass is 32.1. The van der Waals surface area contributed by atoms with Gasteiger partial charge in [0.05, 0.1) is 0 Å². The Bertz CT molecular complexity index is 816. The minimum absolute atomic E-state index is 0.0447. The maximum Gasteiger partial charge on any atom is 0.217 e. The lowest BCUT2D eigenvalue weighted by Crippen LogP contribution is -2.61. The number of rotatable bonds is 1. The molecule has 1 atom stereocenters. The lowest BCUT2D eigenvalue weighted by Gasteiger charge is -2.50. The van der Waals surface area contributed by atoms with Gasteiger partial charge in [0, 0.05) is 41.6 Å². The summed E-state index contributed by atoms with van der Waals surface area (Å²) >= 11 is 1.48. The van der Waals surface area contributed by atoms with Crippen molar-refractivity contribution in [3.63, 3.8) is 0 Å². The molecule has 0 N–H and O–H groups in total. The number of nitrogens with zero attached hydrogens (tertiary/aromatic N) is 3. The van der Waals surface area contributed by atoms with Crippen LogP contribution in [0.2, 0.25) is 0 Å². The number of fused-ring (bicyclic) bond motifs is 3. The number of piperidine rings is 3. The Morgan fingerprint density at radius 1 is 1.30 bits per heavy atom. The first kappa shape index (κ1) is 13.5. The third-order valence-corrected chi connectivity index (χ3v) is 6.42. The van der Waals surface area contributed by atoms with Gasteiger partial charge in [0.1, 0.15) is 16.5 Å². The molecule has 23 heavy (non-hydrogen) atoms. The van der Waals surface area contributed by atoms with Gasteiger partial charge >= 0.3 is 0 Å².